The maximum absolute atomic E-state index is 13.0. The molecule has 1 amide bonds. The molecule has 1 saturated heterocycles. The van der Waals surface area contributed by atoms with Crippen LogP contribution in [0.1, 0.15) is 30.7 Å². The molecule has 0 N–H and O–H groups in total. The molecule has 1 heterocycles. The van der Waals surface area contributed by atoms with Crippen molar-refractivity contribution in [3.05, 3.63) is 35.6 Å². The molecule has 104 valence electrons. The summed E-state index contributed by atoms with van der Waals surface area (Å²) in [5, 5.41) is 0. The first-order valence-electron chi connectivity index (χ1n) is 6.73. The van der Waals surface area contributed by atoms with Crippen molar-refractivity contribution in [2.45, 2.75) is 25.2 Å². The summed E-state index contributed by atoms with van der Waals surface area (Å²) in [4.78, 5) is 13.8. The highest BCUT2D eigenvalue weighted by molar-refractivity contribution is 5.77. The minimum atomic E-state index is -0.218. The van der Waals surface area contributed by atoms with E-state index in [0.717, 1.165) is 31.4 Å². The van der Waals surface area contributed by atoms with Crippen molar-refractivity contribution < 1.29 is 13.9 Å². The molecule has 1 aliphatic heterocycles. The maximum Gasteiger partial charge on any atom is 0.248 e. The van der Waals surface area contributed by atoms with E-state index in [0.29, 0.717) is 12.5 Å². The van der Waals surface area contributed by atoms with E-state index in [9.17, 15) is 9.18 Å². The van der Waals surface area contributed by atoms with Crippen molar-refractivity contribution in [3.63, 3.8) is 0 Å². The van der Waals surface area contributed by atoms with Gasteiger partial charge in [-0.1, -0.05) is 18.6 Å². The Morgan fingerprint density at radius 3 is 2.79 bits per heavy atom. The smallest absolute Gasteiger partial charge is 0.248 e. The van der Waals surface area contributed by atoms with Crippen molar-refractivity contribution in [2.24, 2.45) is 0 Å². The van der Waals surface area contributed by atoms with Gasteiger partial charge in [-0.25, -0.2) is 4.39 Å². The Kier molecular flexibility index (Phi) is 4.91. The summed E-state index contributed by atoms with van der Waals surface area (Å²) in [5.41, 5.74) is 1.11. The van der Waals surface area contributed by atoms with Gasteiger partial charge in [0.25, 0.3) is 0 Å². The molecular formula is C15H20FNO2. The first-order valence-corrected chi connectivity index (χ1v) is 6.73. The molecule has 1 fully saturated rings. The highest BCUT2D eigenvalue weighted by atomic mass is 19.1. The van der Waals surface area contributed by atoms with Gasteiger partial charge in [0.15, 0.2) is 0 Å². The molecule has 3 nitrogen and oxygen atoms in total. The van der Waals surface area contributed by atoms with Crippen LogP contribution in [0.2, 0.25) is 0 Å². The third kappa shape index (κ3) is 3.77. The second-order valence-electron chi connectivity index (χ2n) is 5.02. The van der Waals surface area contributed by atoms with Crippen LogP contribution in [0.5, 0.6) is 0 Å². The molecule has 1 aromatic rings. The fourth-order valence-electron chi connectivity index (χ4n) is 2.59. The molecule has 0 aliphatic carbocycles. The zero-order valence-corrected chi connectivity index (χ0v) is 11.3. The molecule has 0 aromatic heterocycles. The van der Waals surface area contributed by atoms with Gasteiger partial charge in [0, 0.05) is 26.1 Å². The maximum atomic E-state index is 13.0. The number of halogens is 1. The number of hydrogen-bond acceptors (Lipinski definition) is 2. The van der Waals surface area contributed by atoms with Crippen molar-refractivity contribution in [1.29, 1.82) is 0 Å². The molecule has 4 heteroatoms. The number of carbonyl (C=O) groups excluding carboxylic acids is 1. The molecular weight excluding hydrogens is 245 g/mol. The van der Waals surface area contributed by atoms with Crippen LogP contribution >= 0.6 is 0 Å². The zero-order valence-electron chi connectivity index (χ0n) is 11.3. The minimum Gasteiger partial charge on any atom is -0.375 e. The fourth-order valence-corrected chi connectivity index (χ4v) is 2.59. The number of methoxy groups -OCH3 is 1. The summed E-state index contributed by atoms with van der Waals surface area (Å²) < 4.78 is 17.9. The van der Waals surface area contributed by atoms with Gasteiger partial charge in [-0.05, 0) is 30.5 Å². The average molecular weight is 265 g/mol. The predicted octanol–water partition coefficient (Wildman–Crippen LogP) is 2.57. The first-order chi connectivity index (χ1) is 9.20. The molecule has 19 heavy (non-hydrogen) atoms. The molecule has 0 spiro atoms. The minimum absolute atomic E-state index is 0.0384. The Morgan fingerprint density at radius 1 is 1.37 bits per heavy atom. The van der Waals surface area contributed by atoms with Gasteiger partial charge in [0.2, 0.25) is 5.91 Å². The number of benzene rings is 1. The van der Waals surface area contributed by atoms with Gasteiger partial charge in [-0.3, -0.25) is 4.79 Å². The lowest BCUT2D eigenvalue weighted by molar-refractivity contribution is -0.135. The van der Waals surface area contributed by atoms with E-state index >= 15 is 0 Å². The number of likely N-dealkylation sites (tertiary alicyclic amines) is 1. The Hall–Kier alpha value is -1.42. The van der Waals surface area contributed by atoms with E-state index in [-0.39, 0.29) is 18.3 Å². The average Bonchev–Trinajstić information content (AvgIpc) is 2.66. The number of nitrogens with zero attached hydrogens (tertiary/aromatic N) is 1. The van der Waals surface area contributed by atoms with Crippen LogP contribution < -0.4 is 0 Å². The van der Waals surface area contributed by atoms with Crippen molar-refractivity contribution in [1.82, 2.24) is 4.90 Å². The first kappa shape index (κ1) is 14.0. The number of rotatable bonds is 3. The fraction of sp³-hybridized carbons (Fsp3) is 0.533. The van der Waals surface area contributed by atoms with E-state index in [2.05, 4.69) is 0 Å². The third-order valence-electron chi connectivity index (χ3n) is 3.63. The highest BCUT2D eigenvalue weighted by Crippen LogP contribution is 2.26. The van der Waals surface area contributed by atoms with Gasteiger partial charge in [-0.2, -0.15) is 0 Å². The zero-order chi connectivity index (χ0) is 13.7. The van der Waals surface area contributed by atoms with Gasteiger partial charge in [0.05, 0.1) is 0 Å². The Labute approximate surface area is 113 Å². The lowest BCUT2D eigenvalue weighted by Gasteiger charge is -2.24. The van der Waals surface area contributed by atoms with E-state index < -0.39 is 0 Å². The molecule has 1 atom stereocenters. The van der Waals surface area contributed by atoms with Gasteiger partial charge in [0.1, 0.15) is 12.4 Å². The standard InChI is InChI=1S/C15H20FNO2/c1-19-11-15(18)17-9-3-2-4-13(10-17)12-5-7-14(16)8-6-12/h5-8,13H,2-4,9-11H2,1H3. The normalized spacial score (nSPS) is 20.1. The molecule has 2 rings (SSSR count). The van der Waals surface area contributed by atoms with Crippen LogP contribution in [-0.2, 0) is 9.53 Å². The summed E-state index contributed by atoms with van der Waals surface area (Å²) in [5.74, 6) is 0.116. The predicted molar refractivity (Wildman–Crippen MR) is 71.4 cm³/mol. The summed E-state index contributed by atoms with van der Waals surface area (Å²) in [6.45, 7) is 1.63. The Morgan fingerprint density at radius 2 is 2.11 bits per heavy atom. The SMILES string of the molecule is COCC(=O)N1CCCCC(c2ccc(F)cc2)C1. The summed E-state index contributed by atoms with van der Waals surface area (Å²) >= 11 is 0. The van der Waals surface area contributed by atoms with E-state index in [4.69, 9.17) is 4.74 Å². The van der Waals surface area contributed by atoms with Crippen LogP contribution in [0.15, 0.2) is 24.3 Å². The third-order valence-corrected chi connectivity index (χ3v) is 3.63. The number of hydrogen-bond donors (Lipinski definition) is 0. The Balaban J connectivity index is 2.07. The molecule has 0 radical (unpaired) electrons. The van der Waals surface area contributed by atoms with Crippen LogP contribution in [0, 0.1) is 5.82 Å². The van der Waals surface area contributed by atoms with Gasteiger partial charge in [-0.15, -0.1) is 0 Å². The van der Waals surface area contributed by atoms with Crippen LogP contribution in [0.3, 0.4) is 0 Å². The van der Waals surface area contributed by atoms with Crippen LogP contribution in [0.25, 0.3) is 0 Å². The quantitative estimate of drug-likeness (QED) is 0.840. The molecule has 0 saturated carbocycles. The van der Waals surface area contributed by atoms with Crippen LogP contribution in [-0.4, -0.2) is 37.6 Å². The van der Waals surface area contributed by atoms with Crippen LogP contribution in [0.4, 0.5) is 4.39 Å². The number of carbonyl (C=O) groups is 1. The molecule has 0 bridgehead atoms. The largest absolute Gasteiger partial charge is 0.375 e. The van der Waals surface area contributed by atoms with Crippen molar-refractivity contribution >= 4 is 5.91 Å². The Bertz CT molecular complexity index is 419. The second-order valence-corrected chi connectivity index (χ2v) is 5.02. The summed E-state index contributed by atoms with van der Waals surface area (Å²) in [6.07, 6.45) is 3.16. The molecule has 1 unspecified atom stereocenters. The molecule has 1 aromatic carbocycles. The van der Waals surface area contributed by atoms with Crippen molar-refractivity contribution in [2.75, 3.05) is 26.8 Å². The van der Waals surface area contributed by atoms with Gasteiger partial charge >= 0.3 is 0 Å². The lowest BCUT2D eigenvalue weighted by atomic mass is 9.94. The number of ether oxygens (including phenoxy) is 1. The topological polar surface area (TPSA) is 29.5 Å². The van der Waals surface area contributed by atoms with Gasteiger partial charge < -0.3 is 9.64 Å². The van der Waals surface area contributed by atoms with E-state index in [1.165, 1.54) is 19.2 Å². The number of amides is 1. The monoisotopic (exact) mass is 265 g/mol. The summed E-state index contributed by atoms with van der Waals surface area (Å²) in [6, 6.07) is 6.62. The second kappa shape index (κ2) is 6.66. The van der Waals surface area contributed by atoms with E-state index in [1.807, 2.05) is 17.0 Å². The lowest BCUT2D eigenvalue weighted by Crippen LogP contribution is -2.36. The van der Waals surface area contributed by atoms with E-state index in [1.54, 1.807) is 0 Å². The van der Waals surface area contributed by atoms with Crippen molar-refractivity contribution in [3.8, 4) is 0 Å². The highest BCUT2D eigenvalue weighted by Gasteiger charge is 2.22. The summed E-state index contributed by atoms with van der Waals surface area (Å²) in [7, 11) is 1.53. The molecule has 1 aliphatic rings.